The third-order valence-corrected chi connectivity index (χ3v) is 4.75. The molecule has 0 bridgehead atoms. The van der Waals surface area contributed by atoms with Gasteiger partial charge in [0.1, 0.15) is 5.75 Å². The lowest BCUT2D eigenvalue weighted by Gasteiger charge is -2.03. The highest BCUT2D eigenvalue weighted by Crippen LogP contribution is 2.31. The van der Waals surface area contributed by atoms with Gasteiger partial charge in [-0.05, 0) is 64.5 Å². The number of aromatic nitrogens is 2. The summed E-state index contributed by atoms with van der Waals surface area (Å²) < 4.78 is 7.17. The summed E-state index contributed by atoms with van der Waals surface area (Å²) in [5.74, 6) is 0.662. The smallest absolute Gasteiger partial charge is 0.228 e. The average molecular weight is 473 g/mol. The van der Waals surface area contributed by atoms with Crippen LogP contribution in [-0.4, -0.2) is 21.3 Å². The van der Waals surface area contributed by atoms with Gasteiger partial charge in [0.15, 0.2) is 11.2 Å². The average Bonchev–Trinajstić information content (AvgIpc) is 3.08. The molecule has 26 heavy (non-hydrogen) atoms. The molecule has 0 fully saturated rings. The highest BCUT2D eigenvalue weighted by Gasteiger charge is 2.08. The van der Waals surface area contributed by atoms with Gasteiger partial charge in [-0.1, -0.05) is 15.9 Å². The van der Waals surface area contributed by atoms with E-state index in [0.29, 0.717) is 27.2 Å². The molecule has 0 saturated heterocycles. The Morgan fingerprint density at radius 2 is 1.88 bits per heavy atom. The normalized spacial score (nSPS) is 11.5. The zero-order valence-corrected chi connectivity index (χ0v) is 16.4. The lowest BCUT2D eigenvalue weighted by Crippen LogP contribution is -1.84. The van der Waals surface area contributed by atoms with Gasteiger partial charge < -0.3 is 9.52 Å². The lowest BCUT2D eigenvalue weighted by atomic mass is 10.2. The predicted octanol–water partition coefficient (Wildman–Crippen LogP) is 5.87. The molecule has 7 heteroatoms. The van der Waals surface area contributed by atoms with Crippen molar-refractivity contribution in [3.8, 4) is 17.2 Å². The quantitative estimate of drug-likeness (QED) is 0.378. The van der Waals surface area contributed by atoms with Crippen LogP contribution in [0, 0.1) is 0 Å². The van der Waals surface area contributed by atoms with Crippen LogP contribution in [-0.2, 0) is 0 Å². The van der Waals surface area contributed by atoms with Gasteiger partial charge in [0.2, 0.25) is 5.89 Å². The van der Waals surface area contributed by atoms with Gasteiger partial charge in [0.25, 0.3) is 0 Å². The summed E-state index contributed by atoms with van der Waals surface area (Å²) in [6.45, 7) is 0. The van der Waals surface area contributed by atoms with Crippen LogP contribution >= 0.6 is 31.9 Å². The molecular formula is C19H11Br2N3O2. The highest BCUT2D eigenvalue weighted by molar-refractivity contribution is 9.11. The molecular weight excluding hydrogens is 462 g/mol. The fourth-order valence-electron chi connectivity index (χ4n) is 2.41. The Morgan fingerprint density at radius 1 is 1.08 bits per heavy atom. The first-order chi connectivity index (χ1) is 12.6. The molecule has 0 aliphatic carbocycles. The number of hydrogen-bond donors (Lipinski definition) is 1. The number of rotatable bonds is 3. The van der Waals surface area contributed by atoms with Crippen molar-refractivity contribution >= 4 is 55.0 Å². The summed E-state index contributed by atoms with van der Waals surface area (Å²) in [7, 11) is 0. The van der Waals surface area contributed by atoms with E-state index in [-0.39, 0.29) is 5.75 Å². The van der Waals surface area contributed by atoms with Crippen molar-refractivity contribution in [1.82, 2.24) is 9.97 Å². The van der Waals surface area contributed by atoms with Crippen LogP contribution in [0.1, 0.15) is 5.56 Å². The van der Waals surface area contributed by atoms with E-state index in [0.717, 1.165) is 15.7 Å². The standard InChI is InChI=1S/C19H11Br2N3O2/c20-13-8-12(17(25)15(21)9-13)10-23-14-5-3-11(4-6-14)19-24-18-16(26-19)2-1-7-22-18/h1-10,25H. The number of oxazole rings is 1. The van der Waals surface area contributed by atoms with Crippen LogP contribution in [0.2, 0.25) is 0 Å². The fraction of sp³-hybridized carbons (Fsp3) is 0. The second-order valence-electron chi connectivity index (χ2n) is 5.47. The third-order valence-electron chi connectivity index (χ3n) is 3.69. The first-order valence-corrected chi connectivity index (χ1v) is 9.23. The Bertz CT molecular complexity index is 1090. The fourth-order valence-corrected chi connectivity index (χ4v) is 3.67. The Morgan fingerprint density at radius 3 is 2.65 bits per heavy atom. The molecule has 0 spiro atoms. The van der Waals surface area contributed by atoms with E-state index < -0.39 is 0 Å². The third kappa shape index (κ3) is 3.40. The van der Waals surface area contributed by atoms with E-state index >= 15 is 0 Å². The summed E-state index contributed by atoms with van der Waals surface area (Å²) >= 11 is 6.71. The molecule has 0 atom stereocenters. The van der Waals surface area contributed by atoms with Gasteiger partial charge in [0.05, 0.1) is 10.2 Å². The minimum absolute atomic E-state index is 0.146. The maximum atomic E-state index is 10.1. The van der Waals surface area contributed by atoms with E-state index in [4.69, 9.17) is 4.42 Å². The molecule has 0 amide bonds. The van der Waals surface area contributed by atoms with E-state index in [2.05, 4.69) is 46.8 Å². The van der Waals surface area contributed by atoms with Crippen molar-refractivity contribution in [3.05, 3.63) is 69.2 Å². The van der Waals surface area contributed by atoms with Crippen LogP contribution < -0.4 is 0 Å². The Labute approximate surface area is 165 Å². The van der Waals surface area contributed by atoms with E-state index in [1.165, 1.54) is 0 Å². The number of pyridine rings is 1. The summed E-state index contributed by atoms with van der Waals surface area (Å²) in [6.07, 6.45) is 3.30. The number of fused-ring (bicyclic) bond motifs is 1. The van der Waals surface area contributed by atoms with Gasteiger partial charge in [-0.25, -0.2) is 4.98 Å². The first-order valence-electron chi connectivity index (χ1n) is 7.64. The Kier molecular flexibility index (Phi) is 4.57. The van der Waals surface area contributed by atoms with Crippen molar-refractivity contribution in [3.63, 3.8) is 0 Å². The maximum Gasteiger partial charge on any atom is 0.228 e. The number of phenols is 1. The van der Waals surface area contributed by atoms with Crippen molar-refractivity contribution < 1.29 is 9.52 Å². The maximum absolute atomic E-state index is 10.1. The molecule has 0 unspecified atom stereocenters. The number of aromatic hydroxyl groups is 1. The number of hydrogen-bond acceptors (Lipinski definition) is 5. The van der Waals surface area contributed by atoms with E-state index in [9.17, 15) is 5.11 Å². The van der Waals surface area contributed by atoms with Gasteiger partial charge in [-0.2, -0.15) is 4.98 Å². The molecule has 2 aromatic carbocycles. The molecule has 5 nitrogen and oxygen atoms in total. The molecule has 0 radical (unpaired) electrons. The molecule has 2 heterocycles. The molecule has 1 N–H and O–H groups in total. The van der Waals surface area contributed by atoms with Crippen LogP contribution in [0.25, 0.3) is 22.7 Å². The number of nitrogens with zero attached hydrogens (tertiary/aromatic N) is 3. The van der Waals surface area contributed by atoms with Gasteiger partial charge in [-0.15, -0.1) is 0 Å². The number of halogens is 2. The first kappa shape index (κ1) is 16.9. The second-order valence-corrected chi connectivity index (χ2v) is 7.24. The van der Waals surface area contributed by atoms with Crippen molar-refractivity contribution in [2.75, 3.05) is 0 Å². The van der Waals surface area contributed by atoms with Crippen LogP contribution in [0.15, 0.2) is 73.1 Å². The molecule has 4 aromatic rings. The Hall–Kier alpha value is -2.51. The minimum Gasteiger partial charge on any atom is -0.506 e. The molecule has 128 valence electrons. The monoisotopic (exact) mass is 471 g/mol. The second kappa shape index (κ2) is 7.01. The Balaban J connectivity index is 1.60. The lowest BCUT2D eigenvalue weighted by molar-refractivity contribution is 0.471. The molecule has 0 aliphatic heterocycles. The SMILES string of the molecule is Oc1c(Br)cc(Br)cc1C=Nc1ccc(-c2nc3ncccc3o2)cc1. The number of benzene rings is 2. The van der Waals surface area contributed by atoms with Crippen LogP contribution in [0.3, 0.4) is 0 Å². The van der Waals surface area contributed by atoms with E-state index in [1.807, 2.05) is 36.4 Å². The molecule has 0 saturated carbocycles. The summed E-state index contributed by atoms with van der Waals surface area (Å²) in [5, 5.41) is 10.1. The van der Waals surface area contributed by atoms with Crippen LogP contribution in [0.4, 0.5) is 5.69 Å². The van der Waals surface area contributed by atoms with Crippen molar-refractivity contribution in [1.29, 1.82) is 0 Å². The van der Waals surface area contributed by atoms with Gasteiger partial charge in [-0.3, -0.25) is 4.99 Å². The zero-order chi connectivity index (χ0) is 18.1. The van der Waals surface area contributed by atoms with E-state index in [1.54, 1.807) is 24.5 Å². The zero-order valence-electron chi connectivity index (χ0n) is 13.2. The molecule has 2 aromatic heterocycles. The van der Waals surface area contributed by atoms with Gasteiger partial charge >= 0.3 is 0 Å². The minimum atomic E-state index is 0.146. The summed E-state index contributed by atoms with van der Waals surface area (Å²) in [4.78, 5) is 13.0. The topological polar surface area (TPSA) is 71.5 Å². The molecule has 4 rings (SSSR count). The summed E-state index contributed by atoms with van der Waals surface area (Å²) in [5.41, 5.74) is 3.44. The highest BCUT2D eigenvalue weighted by atomic mass is 79.9. The largest absolute Gasteiger partial charge is 0.506 e. The number of aliphatic imine (C=N–C) groups is 1. The van der Waals surface area contributed by atoms with Crippen molar-refractivity contribution in [2.45, 2.75) is 0 Å². The molecule has 0 aliphatic rings. The van der Waals surface area contributed by atoms with Crippen molar-refractivity contribution in [2.24, 2.45) is 4.99 Å². The van der Waals surface area contributed by atoms with Crippen LogP contribution in [0.5, 0.6) is 5.75 Å². The predicted molar refractivity (Wildman–Crippen MR) is 108 cm³/mol. The number of phenolic OH excluding ortho intramolecular Hbond substituents is 1. The van der Waals surface area contributed by atoms with Gasteiger partial charge in [0, 0.05) is 28.0 Å². The summed E-state index contributed by atoms with van der Waals surface area (Å²) in [6, 6.07) is 14.7.